The number of hydrogen-bond acceptors (Lipinski definition) is 5. The van der Waals surface area contributed by atoms with Crippen LogP contribution in [0.4, 0.5) is 0 Å². The Balaban J connectivity index is 0.913. The fraction of sp³-hybridized carbons (Fsp3) is 0. The van der Waals surface area contributed by atoms with Crippen LogP contribution < -0.4 is 0 Å². The molecule has 0 aliphatic carbocycles. The number of hydrogen-bond donors (Lipinski definition) is 0. The van der Waals surface area contributed by atoms with Gasteiger partial charge in [0.1, 0.15) is 0 Å². The maximum Gasteiger partial charge on any atom is 0.0648 e. The molecule has 0 aliphatic heterocycles. The van der Waals surface area contributed by atoms with Gasteiger partial charge < -0.3 is 9.13 Å². The first-order chi connectivity index (χ1) is 35.2. The zero-order valence-corrected chi connectivity index (χ0v) is 41.8. The first-order valence-electron chi connectivity index (χ1n) is 23.7. The summed E-state index contributed by atoms with van der Waals surface area (Å²) in [6, 6.07) is 70.7. The van der Waals surface area contributed by atoms with Crippen molar-refractivity contribution in [3.05, 3.63) is 215 Å². The van der Waals surface area contributed by atoms with Gasteiger partial charge in [0.25, 0.3) is 0 Å². The largest absolute Gasteiger partial charge is 0.309 e. The Labute approximate surface area is 427 Å². The van der Waals surface area contributed by atoms with E-state index in [1.54, 1.807) is 0 Å². The van der Waals surface area contributed by atoms with Crippen LogP contribution in [0.15, 0.2) is 215 Å². The SMILES string of the molecule is c1ccc2c(-c3ccc4c(c3)c3cc(-c5csc6ccccc56)ccc3n4-c3ccc4scc(-n5c6ccc(-c7csc8ccccc78)cc6c6cc(-c7csc8ccccc78)ccc65)c4c3)csc2c1. The predicted octanol–water partition coefficient (Wildman–Crippen LogP) is 20.6. The number of rotatable bonds is 6. The van der Waals surface area contributed by atoms with Gasteiger partial charge in [0.2, 0.25) is 0 Å². The van der Waals surface area contributed by atoms with Gasteiger partial charge in [-0.15, -0.1) is 56.7 Å². The van der Waals surface area contributed by atoms with Gasteiger partial charge in [-0.2, -0.15) is 0 Å². The van der Waals surface area contributed by atoms with Crippen molar-refractivity contribution >= 4 is 151 Å². The summed E-state index contributed by atoms with van der Waals surface area (Å²) in [6.07, 6.45) is 0. The van der Waals surface area contributed by atoms with E-state index in [0.29, 0.717) is 0 Å². The van der Waals surface area contributed by atoms with E-state index in [2.05, 4.69) is 224 Å². The molecule has 7 heteroatoms. The molecule has 7 aromatic heterocycles. The number of thiophene rings is 5. The molecule has 0 aliphatic rings. The zero-order valence-electron chi connectivity index (χ0n) is 37.7. The smallest absolute Gasteiger partial charge is 0.0648 e. The van der Waals surface area contributed by atoms with Crippen LogP contribution in [-0.2, 0) is 0 Å². The Hall–Kier alpha value is -7.62. The molecule has 2 nitrogen and oxygen atoms in total. The number of fused-ring (bicyclic) bond motifs is 11. The summed E-state index contributed by atoms with van der Waals surface area (Å²) in [5, 5.41) is 23.2. The molecular formula is C64H36N2S5. The molecule has 0 saturated carbocycles. The topological polar surface area (TPSA) is 9.86 Å². The van der Waals surface area contributed by atoms with Gasteiger partial charge in [-0.25, -0.2) is 0 Å². The summed E-state index contributed by atoms with van der Waals surface area (Å²) in [5.74, 6) is 0. The second-order valence-corrected chi connectivity index (χ2v) is 23.0. The van der Waals surface area contributed by atoms with Crippen molar-refractivity contribution < 1.29 is 0 Å². The molecule has 0 radical (unpaired) electrons. The van der Waals surface area contributed by atoms with Crippen LogP contribution in [0.5, 0.6) is 0 Å². The van der Waals surface area contributed by atoms with Crippen molar-refractivity contribution in [2.75, 3.05) is 0 Å². The molecule has 0 saturated heterocycles. The van der Waals surface area contributed by atoms with Crippen LogP contribution in [0.3, 0.4) is 0 Å². The molecule has 332 valence electrons. The molecule has 0 N–H and O–H groups in total. The summed E-state index contributed by atoms with van der Waals surface area (Å²) in [5.41, 5.74) is 17.3. The monoisotopic (exact) mass is 992 g/mol. The minimum absolute atomic E-state index is 1.15. The fourth-order valence-corrected chi connectivity index (χ4v) is 16.2. The minimum atomic E-state index is 1.15. The van der Waals surface area contributed by atoms with Crippen LogP contribution in [0, 0.1) is 0 Å². The lowest BCUT2D eigenvalue weighted by Crippen LogP contribution is -1.96. The van der Waals surface area contributed by atoms with Crippen LogP contribution in [0.25, 0.3) is 150 Å². The van der Waals surface area contributed by atoms with E-state index >= 15 is 0 Å². The summed E-state index contributed by atoms with van der Waals surface area (Å²) < 4.78 is 11.5. The summed E-state index contributed by atoms with van der Waals surface area (Å²) >= 11 is 9.11. The number of benzene rings is 9. The lowest BCUT2D eigenvalue weighted by atomic mass is 10.00. The summed E-state index contributed by atoms with van der Waals surface area (Å²) in [6.45, 7) is 0. The third-order valence-corrected chi connectivity index (χ3v) is 19.5. The first kappa shape index (κ1) is 40.1. The molecule has 16 aromatic rings. The van der Waals surface area contributed by atoms with E-state index in [1.165, 1.54) is 144 Å². The van der Waals surface area contributed by atoms with E-state index < -0.39 is 0 Å². The predicted molar refractivity (Wildman–Crippen MR) is 314 cm³/mol. The molecule has 0 bridgehead atoms. The van der Waals surface area contributed by atoms with Gasteiger partial charge in [-0.3, -0.25) is 0 Å². The third-order valence-electron chi connectivity index (χ3n) is 14.7. The standard InChI is InChI=1S/C64H36N2S5/c1-5-13-60-42(9-1)51(32-67-60)37-17-22-55-46(27-37)47-28-38(52-33-68-61-14-6-2-10-43(52)61)18-23-56(47)65(55)41-21-26-64-50(31-41)59(36-71-64)66-57-24-19-39(53-34-69-62-15-7-3-11-44(53)62)29-48(57)49-30-40(20-25-58(49)66)54-35-70-63-16-8-4-12-45(54)63/h1-36H. The molecular weight excluding hydrogens is 957 g/mol. The van der Waals surface area contributed by atoms with E-state index in [4.69, 9.17) is 0 Å². The molecule has 7 heterocycles. The highest BCUT2D eigenvalue weighted by atomic mass is 32.1. The quantitative estimate of drug-likeness (QED) is 0.157. The Bertz CT molecular complexity index is 4580. The maximum atomic E-state index is 2.53. The molecule has 0 amide bonds. The normalized spacial score (nSPS) is 12.2. The van der Waals surface area contributed by atoms with Crippen molar-refractivity contribution in [1.82, 2.24) is 9.13 Å². The van der Waals surface area contributed by atoms with Gasteiger partial charge in [0, 0.05) is 105 Å². The maximum absolute atomic E-state index is 2.53. The van der Waals surface area contributed by atoms with Crippen molar-refractivity contribution in [2.24, 2.45) is 0 Å². The number of nitrogens with zero attached hydrogens (tertiary/aromatic N) is 2. The van der Waals surface area contributed by atoms with Crippen molar-refractivity contribution in [2.45, 2.75) is 0 Å². The Kier molecular flexibility index (Phi) is 8.73. The minimum Gasteiger partial charge on any atom is -0.309 e. The van der Waals surface area contributed by atoms with Gasteiger partial charge in [-0.05, 0) is 135 Å². The lowest BCUT2D eigenvalue weighted by Gasteiger charge is -2.11. The van der Waals surface area contributed by atoms with E-state index in [0.717, 1.165) is 5.69 Å². The average molecular weight is 993 g/mol. The summed E-state index contributed by atoms with van der Waals surface area (Å²) in [7, 11) is 0. The molecule has 0 spiro atoms. The van der Waals surface area contributed by atoms with Crippen LogP contribution in [0.2, 0.25) is 0 Å². The van der Waals surface area contributed by atoms with Crippen molar-refractivity contribution in [3.8, 4) is 55.9 Å². The second-order valence-electron chi connectivity index (χ2n) is 18.5. The van der Waals surface area contributed by atoms with Crippen LogP contribution in [0.1, 0.15) is 0 Å². The van der Waals surface area contributed by atoms with Crippen LogP contribution >= 0.6 is 56.7 Å². The van der Waals surface area contributed by atoms with Gasteiger partial charge >= 0.3 is 0 Å². The van der Waals surface area contributed by atoms with Gasteiger partial charge in [-0.1, -0.05) is 97.1 Å². The highest BCUT2D eigenvalue weighted by Gasteiger charge is 2.22. The van der Waals surface area contributed by atoms with Gasteiger partial charge in [0.05, 0.1) is 27.8 Å². The van der Waals surface area contributed by atoms with E-state index in [9.17, 15) is 0 Å². The second kappa shape index (κ2) is 15.4. The Morgan fingerprint density at radius 1 is 0.239 bits per heavy atom. The van der Waals surface area contributed by atoms with Crippen molar-refractivity contribution in [3.63, 3.8) is 0 Å². The molecule has 9 aromatic carbocycles. The molecule has 71 heavy (non-hydrogen) atoms. The summed E-state index contributed by atoms with van der Waals surface area (Å²) in [4.78, 5) is 0. The Morgan fingerprint density at radius 2 is 0.563 bits per heavy atom. The highest BCUT2D eigenvalue weighted by molar-refractivity contribution is 7.19. The molecule has 0 atom stereocenters. The molecule has 0 fully saturated rings. The molecule has 0 unspecified atom stereocenters. The zero-order chi connectivity index (χ0) is 46.3. The first-order valence-corrected chi connectivity index (χ1v) is 28.1. The Morgan fingerprint density at radius 3 is 0.944 bits per heavy atom. The average Bonchev–Trinajstić information content (AvgIpc) is 4.31. The fourth-order valence-electron chi connectivity index (χ4n) is 11.4. The third kappa shape index (κ3) is 6.02. The van der Waals surface area contributed by atoms with E-state index in [-0.39, 0.29) is 0 Å². The van der Waals surface area contributed by atoms with Crippen molar-refractivity contribution in [1.29, 1.82) is 0 Å². The number of aromatic nitrogens is 2. The van der Waals surface area contributed by atoms with Gasteiger partial charge in [0.15, 0.2) is 0 Å². The highest BCUT2D eigenvalue weighted by Crippen LogP contribution is 2.46. The van der Waals surface area contributed by atoms with E-state index in [1.807, 2.05) is 56.7 Å². The van der Waals surface area contributed by atoms with Crippen LogP contribution in [-0.4, -0.2) is 9.13 Å². The lowest BCUT2D eigenvalue weighted by molar-refractivity contribution is 1.18. The molecule has 16 rings (SSSR count).